The first-order chi connectivity index (χ1) is 13.1. The number of aryl methyl sites for hydroxylation is 1. The topological polar surface area (TPSA) is 51.8 Å². The van der Waals surface area contributed by atoms with Gasteiger partial charge in [0.15, 0.2) is 5.82 Å². The zero-order chi connectivity index (χ0) is 18.8. The molecule has 0 saturated carbocycles. The third kappa shape index (κ3) is 3.92. The van der Waals surface area contributed by atoms with Crippen LogP contribution in [0.4, 0.5) is 0 Å². The van der Waals surface area contributed by atoms with Gasteiger partial charge in [0.2, 0.25) is 0 Å². The van der Waals surface area contributed by atoms with Crippen LogP contribution in [0, 0.1) is 6.92 Å². The van der Waals surface area contributed by atoms with Crippen LogP contribution in [0.25, 0.3) is 22.3 Å². The van der Waals surface area contributed by atoms with Gasteiger partial charge in [0.25, 0.3) is 0 Å². The number of rotatable bonds is 4. The average Bonchev–Trinajstić information content (AvgIpc) is 2.68. The molecule has 2 N–H and O–H groups in total. The Morgan fingerprint density at radius 2 is 1.67 bits per heavy atom. The quantitative estimate of drug-likeness (QED) is 0.469. The Morgan fingerprint density at radius 1 is 0.926 bits per heavy atom. The number of benzene rings is 3. The first kappa shape index (κ1) is 17.8. The molecular weight excluding hydrogens is 398 g/mol. The fourth-order valence-corrected chi connectivity index (χ4v) is 3.51. The van der Waals surface area contributed by atoms with Gasteiger partial charge in [0.1, 0.15) is 0 Å². The van der Waals surface area contributed by atoms with Crippen LogP contribution in [0.3, 0.4) is 0 Å². The van der Waals surface area contributed by atoms with Crippen molar-refractivity contribution < 1.29 is 0 Å². The van der Waals surface area contributed by atoms with E-state index in [4.69, 9.17) is 15.7 Å². The maximum absolute atomic E-state index is 6.62. The summed E-state index contributed by atoms with van der Waals surface area (Å²) in [7, 11) is 0. The number of fused-ring (bicyclic) bond motifs is 1. The molecule has 0 fully saturated rings. The largest absolute Gasteiger partial charge is 0.322 e. The Labute approximate surface area is 167 Å². The summed E-state index contributed by atoms with van der Waals surface area (Å²) in [5.41, 5.74) is 11.8. The highest BCUT2D eigenvalue weighted by atomic mass is 79.9. The molecule has 0 bridgehead atoms. The standard InChI is InChI=1S/C23H20BrN3/c1-15-7-12-21-19(13-15)22(20(25)14-16-5-3-2-4-6-16)27-23(26-21)17-8-10-18(24)11-9-17/h2-13,20H,14,25H2,1H3. The fourth-order valence-electron chi connectivity index (χ4n) is 3.24. The molecule has 27 heavy (non-hydrogen) atoms. The Morgan fingerprint density at radius 3 is 2.41 bits per heavy atom. The number of aromatic nitrogens is 2. The van der Waals surface area contributed by atoms with Gasteiger partial charge in [-0.15, -0.1) is 0 Å². The van der Waals surface area contributed by atoms with Crippen molar-refractivity contribution in [1.82, 2.24) is 9.97 Å². The Bertz CT molecular complexity index is 1080. The third-order valence-corrected chi connectivity index (χ3v) is 5.16. The second kappa shape index (κ2) is 7.59. The number of hydrogen-bond acceptors (Lipinski definition) is 3. The van der Waals surface area contributed by atoms with Crippen LogP contribution in [0.2, 0.25) is 0 Å². The summed E-state index contributed by atoms with van der Waals surface area (Å²) in [4.78, 5) is 9.67. The molecule has 4 aromatic rings. The highest BCUT2D eigenvalue weighted by molar-refractivity contribution is 9.10. The van der Waals surface area contributed by atoms with Crippen LogP contribution < -0.4 is 5.73 Å². The second-order valence-corrected chi connectivity index (χ2v) is 7.67. The van der Waals surface area contributed by atoms with Gasteiger partial charge in [-0.25, -0.2) is 9.97 Å². The molecule has 0 aliphatic carbocycles. The Hall–Kier alpha value is -2.56. The van der Waals surface area contributed by atoms with E-state index in [9.17, 15) is 0 Å². The Kier molecular flexibility index (Phi) is 5.01. The van der Waals surface area contributed by atoms with Crippen LogP contribution >= 0.6 is 15.9 Å². The van der Waals surface area contributed by atoms with Gasteiger partial charge in [0, 0.05) is 15.4 Å². The molecule has 3 aromatic carbocycles. The summed E-state index contributed by atoms with van der Waals surface area (Å²) in [6.45, 7) is 2.08. The second-order valence-electron chi connectivity index (χ2n) is 6.76. The van der Waals surface area contributed by atoms with E-state index in [1.54, 1.807) is 0 Å². The lowest BCUT2D eigenvalue weighted by Crippen LogP contribution is -2.16. The van der Waals surface area contributed by atoms with Gasteiger partial charge >= 0.3 is 0 Å². The number of hydrogen-bond donors (Lipinski definition) is 1. The summed E-state index contributed by atoms with van der Waals surface area (Å²) in [6.07, 6.45) is 0.737. The van der Waals surface area contributed by atoms with E-state index in [0.717, 1.165) is 33.1 Å². The summed E-state index contributed by atoms with van der Waals surface area (Å²) in [5.74, 6) is 0.706. The molecule has 0 amide bonds. The summed E-state index contributed by atoms with van der Waals surface area (Å²) >= 11 is 3.48. The molecule has 134 valence electrons. The minimum atomic E-state index is -0.200. The highest BCUT2D eigenvalue weighted by Crippen LogP contribution is 2.28. The van der Waals surface area contributed by atoms with Gasteiger partial charge in [-0.05, 0) is 43.2 Å². The minimum Gasteiger partial charge on any atom is -0.322 e. The van der Waals surface area contributed by atoms with Crippen molar-refractivity contribution in [2.45, 2.75) is 19.4 Å². The fraction of sp³-hybridized carbons (Fsp3) is 0.130. The number of halogens is 1. The van der Waals surface area contributed by atoms with Gasteiger partial charge in [-0.1, -0.05) is 70.0 Å². The smallest absolute Gasteiger partial charge is 0.160 e. The maximum atomic E-state index is 6.62. The predicted octanol–water partition coefficient (Wildman–Crippen LogP) is 5.61. The third-order valence-electron chi connectivity index (χ3n) is 4.63. The molecular formula is C23H20BrN3. The lowest BCUT2D eigenvalue weighted by atomic mass is 9.99. The van der Waals surface area contributed by atoms with Gasteiger partial charge in [0.05, 0.1) is 17.3 Å². The van der Waals surface area contributed by atoms with Crippen molar-refractivity contribution >= 4 is 26.8 Å². The normalized spacial score (nSPS) is 12.3. The van der Waals surface area contributed by atoms with Gasteiger partial charge < -0.3 is 5.73 Å². The molecule has 1 atom stereocenters. The molecule has 4 heteroatoms. The lowest BCUT2D eigenvalue weighted by molar-refractivity contribution is 0.702. The SMILES string of the molecule is Cc1ccc2nc(-c3ccc(Br)cc3)nc(C(N)Cc3ccccc3)c2c1. The van der Waals surface area contributed by atoms with Crippen molar-refractivity contribution in [3.05, 3.63) is 94.1 Å². The molecule has 4 rings (SSSR count). The first-order valence-corrected chi connectivity index (χ1v) is 9.73. The van der Waals surface area contributed by atoms with E-state index in [-0.39, 0.29) is 6.04 Å². The predicted molar refractivity (Wildman–Crippen MR) is 114 cm³/mol. The van der Waals surface area contributed by atoms with E-state index < -0.39 is 0 Å². The van der Waals surface area contributed by atoms with Crippen LogP contribution in [-0.4, -0.2) is 9.97 Å². The lowest BCUT2D eigenvalue weighted by Gasteiger charge is -2.16. The monoisotopic (exact) mass is 417 g/mol. The van der Waals surface area contributed by atoms with E-state index in [1.165, 1.54) is 11.1 Å². The number of nitrogens with two attached hydrogens (primary N) is 1. The van der Waals surface area contributed by atoms with Crippen molar-refractivity contribution in [3.63, 3.8) is 0 Å². The van der Waals surface area contributed by atoms with E-state index in [1.807, 2.05) is 48.5 Å². The van der Waals surface area contributed by atoms with Crippen LogP contribution in [-0.2, 0) is 6.42 Å². The van der Waals surface area contributed by atoms with Crippen molar-refractivity contribution in [1.29, 1.82) is 0 Å². The zero-order valence-corrected chi connectivity index (χ0v) is 16.6. The van der Waals surface area contributed by atoms with E-state index in [0.29, 0.717) is 5.82 Å². The Balaban J connectivity index is 1.83. The summed E-state index contributed by atoms with van der Waals surface area (Å²) in [6, 6.07) is 24.4. The molecule has 0 aliphatic heterocycles. The molecule has 3 nitrogen and oxygen atoms in total. The first-order valence-electron chi connectivity index (χ1n) is 8.94. The van der Waals surface area contributed by atoms with Crippen molar-refractivity contribution in [2.75, 3.05) is 0 Å². The maximum Gasteiger partial charge on any atom is 0.160 e. The summed E-state index contributed by atoms with van der Waals surface area (Å²) < 4.78 is 1.03. The van der Waals surface area contributed by atoms with Gasteiger partial charge in [-0.2, -0.15) is 0 Å². The molecule has 0 aliphatic rings. The van der Waals surface area contributed by atoms with Crippen molar-refractivity contribution in [3.8, 4) is 11.4 Å². The van der Waals surface area contributed by atoms with Crippen molar-refractivity contribution in [2.24, 2.45) is 5.73 Å². The molecule has 1 unspecified atom stereocenters. The highest BCUT2D eigenvalue weighted by Gasteiger charge is 2.16. The van der Waals surface area contributed by atoms with Gasteiger partial charge in [-0.3, -0.25) is 0 Å². The molecule has 0 saturated heterocycles. The van der Waals surface area contributed by atoms with Crippen LogP contribution in [0.5, 0.6) is 0 Å². The average molecular weight is 418 g/mol. The van der Waals surface area contributed by atoms with Crippen LogP contribution in [0.15, 0.2) is 77.3 Å². The molecule has 1 aromatic heterocycles. The van der Waals surface area contributed by atoms with E-state index in [2.05, 4.69) is 47.1 Å². The molecule has 0 spiro atoms. The molecule has 0 radical (unpaired) electrons. The number of nitrogens with zero attached hydrogens (tertiary/aromatic N) is 2. The molecule has 1 heterocycles. The minimum absolute atomic E-state index is 0.200. The van der Waals surface area contributed by atoms with E-state index >= 15 is 0 Å². The van der Waals surface area contributed by atoms with Crippen LogP contribution in [0.1, 0.15) is 22.9 Å². The zero-order valence-electron chi connectivity index (χ0n) is 15.1. The summed E-state index contributed by atoms with van der Waals surface area (Å²) in [5, 5.41) is 1.03.